The number of rotatable bonds is 4. The molecule has 2 N–H and O–H groups in total. The molecule has 0 aliphatic rings. The van der Waals surface area contributed by atoms with Crippen molar-refractivity contribution in [3.8, 4) is 0 Å². The van der Waals surface area contributed by atoms with Gasteiger partial charge in [-0.25, -0.2) is 0 Å². The number of fused-ring (bicyclic) bond motifs is 1. The molecule has 16 heavy (non-hydrogen) atoms. The van der Waals surface area contributed by atoms with Crippen molar-refractivity contribution in [2.24, 2.45) is 0 Å². The van der Waals surface area contributed by atoms with E-state index in [1.54, 1.807) is 0 Å². The summed E-state index contributed by atoms with van der Waals surface area (Å²) in [5.41, 5.74) is 3.86. The summed E-state index contributed by atoms with van der Waals surface area (Å²) in [5.74, 6) is 0. The first-order valence-electron chi connectivity index (χ1n) is 5.69. The minimum absolute atomic E-state index is 0.941. The van der Waals surface area contributed by atoms with Gasteiger partial charge in [0.05, 0.1) is 0 Å². The smallest absolute Gasteiger partial charge is 0.0460 e. The maximum atomic E-state index is 3.52. The van der Waals surface area contributed by atoms with Gasteiger partial charge in [-0.3, -0.25) is 0 Å². The van der Waals surface area contributed by atoms with E-state index < -0.39 is 0 Å². The molecule has 0 unspecified atom stereocenters. The molecule has 2 aromatic rings. The Bertz CT molecular complexity index is 488. The standard InChI is InChI=1S/C13H17BrN2/c1-3-6-15-8-12-9(2)16-13-5-4-10(14)7-11(12)13/h4-5,7,15-16H,3,6,8H2,1-2H3. The fourth-order valence-electron chi connectivity index (χ4n) is 1.97. The molecule has 86 valence electrons. The van der Waals surface area contributed by atoms with Crippen LogP contribution < -0.4 is 5.32 Å². The summed E-state index contributed by atoms with van der Waals surface area (Å²) in [6.45, 7) is 6.33. The van der Waals surface area contributed by atoms with Gasteiger partial charge in [-0.1, -0.05) is 22.9 Å². The van der Waals surface area contributed by atoms with E-state index in [0.29, 0.717) is 0 Å². The second kappa shape index (κ2) is 5.02. The fourth-order valence-corrected chi connectivity index (χ4v) is 2.33. The molecule has 0 fully saturated rings. The number of aromatic nitrogens is 1. The van der Waals surface area contributed by atoms with Crippen LogP contribution in [0, 0.1) is 6.92 Å². The lowest BCUT2D eigenvalue weighted by Gasteiger charge is -2.03. The molecule has 2 nitrogen and oxygen atoms in total. The Morgan fingerprint density at radius 2 is 2.19 bits per heavy atom. The summed E-state index contributed by atoms with van der Waals surface area (Å²) in [7, 11) is 0. The van der Waals surface area contributed by atoms with Crippen LogP contribution in [0.2, 0.25) is 0 Å². The summed E-state index contributed by atoms with van der Waals surface area (Å²) < 4.78 is 1.13. The lowest BCUT2D eigenvalue weighted by atomic mass is 10.1. The molecule has 0 radical (unpaired) electrons. The third kappa shape index (κ3) is 2.30. The van der Waals surface area contributed by atoms with Crippen molar-refractivity contribution < 1.29 is 0 Å². The maximum absolute atomic E-state index is 3.52. The third-order valence-corrected chi connectivity index (χ3v) is 3.30. The molecule has 0 saturated carbocycles. The highest BCUT2D eigenvalue weighted by molar-refractivity contribution is 9.10. The first-order chi connectivity index (χ1) is 7.72. The van der Waals surface area contributed by atoms with Gasteiger partial charge in [0.25, 0.3) is 0 Å². The van der Waals surface area contributed by atoms with Crippen molar-refractivity contribution in [2.45, 2.75) is 26.8 Å². The van der Waals surface area contributed by atoms with Gasteiger partial charge in [0.15, 0.2) is 0 Å². The number of nitrogens with one attached hydrogen (secondary N) is 2. The normalized spacial score (nSPS) is 11.2. The predicted octanol–water partition coefficient (Wildman–Crippen LogP) is 3.74. The van der Waals surface area contributed by atoms with Crippen LogP contribution in [-0.4, -0.2) is 11.5 Å². The Labute approximate surface area is 105 Å². The van der Waals surface area contributed by atoms with E-state index in [-0.39, 0.29) is 0 Å². The Hall–Kier alpha value is -0.800. The average Bonchev–Trinajstić information content (AvgIpc) is 2.56. The molecular weight excluding hydrogens is 264 g/mol. The van der Waals surface area contributed by atoms with Gasteiger partial charge in [0.1, 0.15) is 0 Å². The van der Waals surface area contributed by atoms with Gasteiger partial charge in [-0.2, -0.15) is 0 Å². The highest BCUT2D eigenvalue weighted by Gasteiger charge is 2.07. The third-order valence-electron chi connectivity index (χ3n) is 2.81. The predicted molar refractivity (Wildman–Crippen MR) is 72.7 cm³/mol. The monoisotopic (exact) mass is 280 g/mol. The molecule has 0 amide bonds. The van der Waals surface area contributed by atoms with Crippen LogP contribution in [0.15, 0.2) is 22.7 Å². The molecule has 0 aliphatic heterocycles. The van der Waals surface area contributed by atoms with E-state index >= 15 is 0 Å². The Morgan fingerprint density at radius 1 is 1.38 bits per heavy atom. The number of benzene rings is 1. The summed E-state index contributed by atoms with van der Waals surface area (Å²) in [4.78, 5) is 3.42. The minimum Gasteiger partial charge on any atom is -0.358 e. The van der Waals surface area contributed by atoms with Crippen LogP contribution in [0.25, 0.3) is 10.9 Å². The van der Waals surface area contributed by atoms with Crippen LogP contribution in [0.5, 0.6) is 0 Å². The SMILES string of the molecule is CCCNCc1c(C)[nH]c2ccc(Br)cc12. The van der Waals surface area contributed by atoms with Gasteiger partial charge < -0.3 is 10.3 Å². The largest absolute Gasteiger partial charge is 0.358 e. The maximum Gasteiger partial charge on any atom is 0.0460 e. The second-order valence-corrected chi connectivity index (χ2v) is 5.01. The zero-order valence-corrected chi connectivity index (χ0v) is 11.3. The summed E-state index contributed by atoms with van der Waals surface area (Å²) in [6, 6.07) is 6.37. The van der Waals surface area contributed by atoms with E-state index in [2.05, 4.69) is 58.3 Å². The van der Waals surface area contributed by atoms with Gasteiger partial charge >= 0.3 is 0 Å². The lowest BCUT2D eigenvalue weighted by Crippen LogP contribution is -2.14. The first kappa shape index (κ1) is 11.7. The zero-order valence-electron chi connectivity index (χ0n) is 9.73. The van der Waals surface area contributed by atoms with Crippen molar-refractivity contribution >= 4 is 26.8 Å². The van der Waals surface area contributed by atoms with Crippen molar-refractivity contribution in [2.75, 3.05) is 6.54 Å². The Kier molecular flexibility index (Phi) is 3.66. The minimum atomic E-state index is 0.941. The highest BCUT2D eigenvalue weighted by atomic mass is 79.9. The molecule has 0 saturated heterocycles. The quantitative estimate of drug-likeness (QED) is 0.821. The van der Waals surface area contributed by atoms with E-state index in [9.17, 15) is 0 Å². The number of hydrogen-bond acceptors (Lipinski definition) is 1. The van der Waals surface area contributed by atoms with Crippen molar-refractivity contribution in [1.82, 2.24) is 10.3 Å². The van der Waals surface area contributed by atoms with Crippen LogP contribution in [0.1, 0.15) is 24.6 Å². The topological polar surface area (TPSA) is 27.8 Å². The Morgan fingerprint density at radius 3 is 2.94 bits per heavy atom. The fraction of sp³-hybridized carbons (Fsp3) is 0.385. The molecular formula is C13H17BrN2. The number of aromatic amines is 1. The number of aryl methyl sites for hydroxylation is 1. The first-order valence-corrected chi connectivity index (χ1v) is 6.49. The van der Waals surface area contributed by atoms with Gasteiger partial charge in [0, 0.05) is 27.6 Å². The van der Waals surface area contributed by atoms with E-state index in [0.717, 1.165) is 17.6 Å². The van der Waals surface area contributed by atoms with Gasteiger partial charge in [0.2, 0.25) is 0 Å². The summed E-state index contributed by atoms with van der Waals surface area (Å²) >= 11 is 3.52. The van der Waals surface area contributed by atoms with E-state index in [1.165, 1.54) is 28.6 Å². The molecule has 1 heterocycles. The van der Waals surface area contributed by atoms with Crippen molar-refractivity contribution in [3.05, 3.63) is 33.9 Å². The molecule has 0 atom stereocenters. The lowest BCUT2D eigenvalue weighted by molar-refractivity contribution is 0.675. The van der Waals surface area contributed by atoms with E-state index in [1.807, 2.05) is 0 Å². The number of halogens is 1. The van der Waals surface area contributed by atoms with Gasteiger partial charge in [-0.15, -0.1) is 0 Å². The second-order valence-electron chi connectivity index (χ2n) is 4.10. The van der Waals surface area contributed by atoms with Crippen molar-refractivity contribution in [1.29, 1.82) is 0 Å². The number of hydrogen-bond donors (Lipinski definition) is 2. The van der Waals surface area contributed by atoms with Crippen LogP contribution in [-0.2, 0) is 6.54 Å². The number of H-pyrrole nitrogens is 1. The highest BCUT2D eigenvalue weighted by Crippen LogP contribution is 2.25. The zero-order chi connectivity index (χ0) is 11.5. The average molecular weight is 281 g/mol. The molecule has 1 aromatic heterocycles. The van der Waals surface area contributed by atoms with Crippen LogP contribution >= 0.6 is 15.9 Å². The van der Waals surface area contributed by atoms with E-state index in [4.69, 9.17) is 0 Å². The summed E-state index contributed by atoms with van der Waals surface area (Å²) in [6.07, 6.45) is 1.17. The Balaban J connectivity index is 2.34. The van der Waals surface area contributed by atoms with Crippen LogP contribution in [0.4, 0.5) is 0 Å². The summed E-state index contributed by atoms with van der Waals surface area (Å²) in [5, 5.41) is 4.77. The van der Waals surface area contributed by atoms with Gasteiger partial charge in [-0.05, 0) is 43.7 Å². The molecule has 0 aliphatic carbocycles. The molecule has 1 aromatic carbocycles. The van der Waals surface area contributed by atoms with Crippen molar-refractivity contribution in [3.63, 3.8) is 0 Å². The van der Waals surface area contributed by atoms with Crippen LogP contribution in [0.3, 0.4) is 0 Å². The molecule has 0 spiro atoms. The molecule has 0 bridgehead atoms. The molecule has 2 rings (SSSR count). The molecule has 3 heteroatoms.